The van der Waals surface area contributed by atoms with E-state index in [1.807, 2.05) is 6.07 Å². The van der Waals surface area contributed by atoms with Crippen LogP contribution in [-0.4, -0.2) is 21.3 Å². The van der Waals surface area contributed by atoms with Crippen molar-refractivity contribution in [2.75, 3.05) is 21.3 Å². The molecule has 0 aliphatic rings. The van der Waals surface area contributed by atoms with Crippen LogP contribution in [0.1, 0.15) is 17.9 Å². The molecule has 0 N–H and O–H groups in total. The molecule has 0 saturated carbocycles. The van der Waals surface area contributed by atoms with Gasteiger partial charge in [0.2, 0.25) is 5.75 Å². The summed E-state index contributed by atoms with van der Waals surface area (Å²) in [4.78, 5) is 0. The molecule has 0 saturated heterocycles. The Morgan fingerprint density at radius 3 is 1.94 bits per heavy atom. The molecule has 5 heteroatoms. The highest BCUT2D eigenvalue weighted by Gasteiger charge is 2.18. The monoisotopic (exact) mass is 246 g/mol. The normalized spacial score (nSPS) is 10.9. The molecule has 94 valence electrons. The highest BCUT2D eigenvalue weighted by Crippen LogP contribution is 2.40. The fourth-order valence-electron chi connectivity index (χ4n) is 1.63. The van der Waals surface area contributed by atoms with E-state index in [-0.39, 0.29) is 6.42 Å². The third-order valence-corrected chi connectivity index (χ3v) is 2.54. The van der Waals surface area contributed by atoms with E-state index in [0.717, 1.165) is 0 Å². The largest absolute Gasteiger partial charge is 0.493 e. The van der Waals surface area contributed by atoms with Crippen molar-refractivity contribution < 1.29 is 14.2 Å². The van der Waals surface area contributed by atoms with E-state index in [4.69, 9.17) is 24.7 Å². The molecule has 1 aromatic rings. The van der Waals surface area contributed by atoms with Crippen LogP contribution in [0.25, 0.3) is 0 Å². The minimum absolute atomic E-state index is 0.120. The Hall–Kier alpha value is -2.40. The zero-order valence-corrected chi connectivity index (χ0v) is 10.6. The molecular weight excluding hydrogens is 232 g/mol. The van der Waals surface area contributed by atoms with Gasteiger partial charge >= 0.3 is 0 Å². The Balaban J connectivity index is 3.32. The molecule has 0 amide bonds. The highest BCUT2D eigenvalue weighted by molar-refractivity contribution is 5.55. The van der Waals surface area contributed by atoms with Gasteiger partial charge in [-0.2, -0.15) is 10.5 Å². The standard InChI is InChI=1S/C13H14N2O3/c1-16-11-6-10(9(8-15)4-5-14)7-12(17-2)13(11)18-3/h6-7,9H,4H2,1-3H3/t9-/m1/s1. The van der Waals surface area contributed by atoms with Gasteiger partial charge < -0.3 is 14.2 Å². The van der Waals surface area contributed by atoms with E-state index >= 15 is 0 Å². The molecule has 0 fully saturated rings. The van der Waals surface area contributed by atoms with Crippen LogP contribution in [0.4, 0.5) is 0 Å². The van der Waals surface area contributed by atoms with Crippen molar-refractivity contribution in [3.63, 3.8) is 0 Å². The summed E-state index contributed by atoms with van der Waals surface area (Å²) >= 11 is 0. The molecule has 0 spiro atoms. The summed E-state index contributed by atoms with van der Waals surface area (Å²) in [7, 11) is 4.52. The third-order valence-electron chi connectivity index (χ3n) is 2.54. The first-order valence-electron chi connectivity index (χ1n) is 5.28. The molecule has 1 atom stereocenters. The first-order valence-corrected chi connectivity index (χ1v) is 5.28. The summed E-state index contributed by atoms with van der Waals surface area (Å²) < 4.78 is 15.6. The smallest absolute Gasteiger partial charge is 0.203 e. The number of hydrogen-bond acceptors (Lipinski definition) is 5. The van der Waals surface area contributed by atoms with Gasteiger partial charge in [0.15, 0.2) is 11.5 Å². The first-order chi connectivity index (χ1) is 8.71. The van der Waals surface area contributed by atoms with Crippen LogP contribution in [0.5, 0.6) is 17.2 Å². The maximum atomic E-state index is 9.05. The number of ether oxygens (including phenoxy) is 3. The molecule has 5 nitrogen and oxygen atoms in total. The van der Waals surface area contributed by atoms with E-state index in [9.17, 15) is 0 Å². The van der Waals surface area contributed by atoms with E-state index in [2.05, 4.69) is 6.07 Å². The number of methoxy groups -OCH3 is 3. The molecule has 0 heterocycles. The van der Waals surface area contributed by atoms with Gasteiger partial charge in [0.05, 0.1) is 45.8 Å². The van der Waals surface area contributed by atoms with E-state index in [1.165, 1.54) is 21.3 Å². The Morgan fingerprint density at radius 1 is 1.06 bits per heavy atom. The Labute approximate surface area is 106 Å². The van der Waals surface area contributed by atoms with Gasteiger partial charge in [0.25, 0.3) is 0 Å². The van der Waals surface area contributed by atoms with Crippen molar-refractivity contribution in [2.24, 2.45) is 0 Å². The lowest BCUT2D eigenvalue weighted by molar-refractivity contribution is 0.323. The molecule has 0 aliphatic heterocycles. The SMILES string of the molecule is COc1cc([C@@H](C#N)CC#N)cc(OC)c1OC. The zero-order valence-electron chi connectivity index (χ0n) is 10.6. The summed E-state index contributed by atoms with van der Waals surface area (Å²) in [6.07, 6.45) is 0.120. The number of rotatable bonds is 5. The molecule has 18 heavy (non-hydrogen) atoms. The summed E-state index contributed by atoms with van der Waals surface area (Å²) in [6.45, 7) is 0. The lowest BCUT2D eigenvalue weighted by Gasteiger charge is -2.15. The fraction of sp³-hybridized carbons (Fsp3) is 0.385. The molecule has 0 bridgehead atoms. The maximum absolute atomic E-state index is 9.05. The summed E-state index contributed by atoms with van der Waals surface area (Å²) in [5.41, 5.74) is 0.675. The summed E-state index contributed by atoms with van der Waals surface area (Å²) in [5.74, 6) is 0.913. The van der Waals surface area contributed by atoms with Crippen molar-refractivity contribution in [1.29, 1.82) is 10.5 Å². The van der Waals surface area contributed by atoms with Gasteiger partial charge in [-0.05, 0) is 17.7 Å². The Bertz CT molecular complexity index is 475. The lowest BCUT2D eigenvalue weighted by Crippen LogP contribution is -2.00. The van der Waals surface area contributed by atoms with Crippen molar-refractivity contribution in [3.05, 3.63) is 17.7 Å². The number of nitrogens with zero attached hydrogens (tertiary/aromatic N) is 2. The fourth-order valence-corrected chi connectivity index (χ4v) is 1.63. The van der Waals surface area contributed by atoms with Crippen LogP contribution in [-0.2, 0) is 0 Å². The zero-order chi connectivity index (χ0) is 13.5. The number of nitriles is 2. The first kappa shape index (κ1) is 13.7. The number of hydrogen-bond donors (Lipinski definition) is 0. The van der Waals surface area contributed by atoms with Gasteiger partial charge in [-0.15, -0.1) is 0 Å². The summed E-state index contributed by atoms with van der Waals surface area (Å²) in [5, 5.41) is 17.7. The van der Waals surface area contributed by atoms with Crippen LogP contribution in [0.2, 0.25) is 0 Å². The van der Waals surface area contributed by atoms with Crippen molar-refractivity contribution in [1.82, 2.24) is 0 Å². The van der Waals surface area contributed by atoms with Gasteiger partial charge in [0, 0.05) is 0 Å². The van der Waals surface area contributed by atoms with Gasteiger partial charge in [0.1, 0.15) is 0 Å². The van der Waals surface area contributed by atoms with Crippen LogP contribution in [0.15, 0.2) is 12.1 Å². The van der Waals surface area contributed by atoms with Gasteiger partial charge in [-0.25, -0.2) is 0 Å². The minimum Gasteiger partial charge on any atom is -0.493 e. The second kappa shape index (κ2) is 6.36. The topological polar surface area (TPSA) is 75.3 Å². The highest BCUT2D eigenvalue weighted by atomic mass is 16.5. The van der Waals surface area contributed by atoms with Gasteiger partial charge in [-0.3, -0.25) is 0 Å². The molecule has 0 aromatic heterocycles. The van der Waals surface area contributed by atoms with Crippen molar-refractivity contribution in [3.8, 4) is 29.4 Å². The average Bonchev–Trinajstić information content (AvgIpc) is 2.42. The minimum atomic E-state index is -0.510. The maximum Gasteiger partial charge on any atom is 0.203 e. The van der Waals surface area contributed by atoms with Crippen molar-refractivity contribution >= 4 is 0 Å². The predicted molar refractivity (Wildman–Crippen MR) is 64.7 cm³/mol. The van der Waals surface area contributed by atoms with Crippen molar-refractivity contribution in [2.45, 2.75) is 12.3 Å². The van der Waals surface area contributed by atoms with Gasteiger partial charge in [-0.1, -0.05) is 0 Å². The molecule has 1 aromatic carbocycles. The second-order valence-corrected chi connectivity index (χ2v) is 3.50. The van der Waals surface area contributed by atoms with E-state index in [0.29, 0.717) is 22.8 Å². The van der Waals surface area contributed by atoms with Crippen LogP contribution >= 0.6 is 0 Å². The van der Waals surface area contributed by atoms with Crippen LogP contribution < -0.4 is 14.2 Å². The average molecular weight is 246 g/mol. The van der Waals surface area contributed by atoms with E-state index < -0.39 is 5.92 Å². The van der Waals surface area contributed by atoms with Crippen LogP contribution in [0.3, 0.4) is 0 Å². The third kappa shape index (κ3) is 2.64. The molecule has 0 radical (unpaired) electrons. The predicted octanol–water partition coefficient (Wildman–Crippen LogP) is 2.23. The number of benzene rings is 1. The molecule has 0 unspecified atom stereocenters. The molecular formula is C13H14N2O3. The molecule has 0 aliphatic carbocycles. The molecule has 1 rings (SSSR count). The Morgan fingerprint density at radius 2 is 1.61 bits per heavy atom. The second-order valence-electron chi connectivity index (χ2n) is 3.50. The Kier molecular flexibility index (Phi) is 4.83. The van der Waals surface area contributed by atoms with E-state index in [1.54, 1.807) is 12.1 Å². The van der Waals surface area contributed by atoms with Crippen LogP contribution in [0, 0.1) is 22.7 Å². The quantitative estimate of drug-likeness (QED) is 0.796. The lowest BCUT2D eigenvalue weighted by atomic mass is 9.97. The summed E-state index contributed by atoms with van der Waals surface area (Å²) in [6, 6.07) is 7.44.